The fourth-order valence-electron chi connectivity index (χ4n) is 1.88. The fraction of sp³-hybridized carbons (Fsp3) is 0.571. The number of halogens is 1. The van der Waals surface area contributed by atoms with E-state index >= 15 is 0 Å². The Morgan fingerprint density at radius 1 is 1.24 bits per heavy atom. The van der Waals surface area contributed by atoms with Crippen molar-refractivity contribution in [1.29, 1.82) is 0 Å². The lowest BCUT2D eigenvalue weighted by Gasteiger charge is -2.23. The number of anilines is 1. The molecule has 1 rings (SSSR count). The minimum atomic E-state index is 0.843. The van der Waals surface area contributed by atoms with Crippen molar-refractivity contribution in [3.8, 4) is 0 Å². The van der Waals surface area contributed by atoms with Gasteiger partial charge in [-0.25, -0.2) is 0 Å². The summed E-state index contributed by atoms with van der Waals surface area (Å²) >= 11 is 6.30. The molecule has 2 nitrogen and oxygen atoms in total. The number of nitrogens with zero attached hydrogens (tertiary/aromatic N) is 1. The van der Waals surface area contributed by atoms with Gasteiger partial charge in [-0.15, -0.1) is 0 Å². The van der Waals surface area contributed by atoms with Crippen LogP contribution in [0, 0.1) is 0 Å². The summed E-state index contributed by atoms with van der Waals surface area (Å²) in [4.78, 5) is 2.35. The zero-order chi connectivity index (χ0) is 12.7. The maximum absolute atomic E-state index is 6.30. The SMILES string of the molecule is CCCN(CC)c1ccc(CNCC)c(Cl)c1. The standard InChI is InChI=1S/C14H23ClN2/c1-4-9-17(6-3)13-8-7-12(11-16-5-2)14(15)10-13/h7-8,10,16H,4-6,9,11H2,1-3H3. The van der Waals surface area contributed by atoms with Gasteiger partial charge in [0.05, 0.1) is 0 Å². The molecule has 1 aromatic rings. The van der Waals surface area contributed by atoms with E-state index in [1.54, 1.807) is 0 Å². The second kappa shape index (κ2) is 7.57. The molecular weight excluding hydrogens is 232 g/mol. The Morgan fingerprint density at radius 3 is 2.53 bits per heavy atom. The van der Waals surface area contributed by atoms with E-state index in [4.69, 9.17) is 11.6 Å². The Bertz CT molecular complexity index is 339. The summed E-state index contributed by atoms with van der Waals surface area (Å²) in [5.74, 6) is 0. The molecule has 0 spiro atoms. The first-order chi connectivity index (χ1) is 8.22. The van der Waals surface area contributed by atoms with Crippen LogP contribution in [-0.4, -0.2) is 19.6 Å². The first kappa shape index (κ1) is 14.3. The second-order valence-electron chi connectivity index (χ2n) is 4.14. The monoisotopic (exact) mass is 254 g/mol. The Morgan fingerprint density at radius 2 is 2.00 bits per heavy atom. The highest BCUT2D eigenvalue weighted by Crippen LogP contribution is 2.23. The second-order valence-corrected chi connectivity index (χ2v) is 4.54. The van der Waals surface area contributed by atoms with Gasteiger partial charge in [-0.1, -0.05) is 31.5 Å². The van der Waals surface area contributed by atoms with E-state index in [9.17, 15) is 0 Å². The predicted molar refractivity (Wildman–Crippen MR) is 77.0 cm³/mol. The third-order valence-electron chi connectivity index (χ3n) is 2.84. The normalized spacial score (nSPS) is 10.6. The lowest BCUT2D eigenvalue weighted by atomic mass is 10.2. The van der Waals surface area contributed by atoms with Crippen molar-refractivity contribution in [2.24, 2.45) is 0 Å². The van der Waals surface area contributed by atoms with E-state index in [1.165, 1.54) is 11.3 Å². The molecule has 0 heterocycles. The maximum atomic E-state index is 6.30. The smallest absolute Gasteiger partial charge is 0.0471 e. The maximum Gasteiger partial charge on any atom is 0.0471 e. The molecule has 17 heavy (non-hydrogen) atoms. The molecule has 0 saturated carbocycles. The summed E-state index contributed by atoms with van der Waals surface area (Å²) in [7, 11) is 0. The summed E-state index contributed by atoms with van der Waals surface area (Å²) in [6.45, 7) is 10.4. The van der Waals surface area contributed by atoms with Crippen molar-refractivity contribution < 1.29 is 0 Å². The van der Waals surface area contributed by atoms with Crippen molar-refractivity contribution >= 4 is 17.3 Å². The molecule has 0 amide bonds. The van der Waals surface area contributed by atoms with E-state index in [0.717, 1.165) is 37.6 Å². The highest BCUT2D eigenvalue weighted by atomic mass is 35.5. The molecule has 0 fully saturated rings. The third kappa shape index (κ3) is 4.21. The van der Waals surface area contributed by atoms with Gasteiger partial charge < -0.3 is 10.2 Å². The van der Waals surface area contributed by atoms with E-state index in [2.05, 4.69) is 49.2 Å². The van der Waals surface area contributed by atoms with Crippen molar-refractivity contribution in [3.05, 3.63) is 28.8 Å². The summed E-state index contributed by atoms with van der Waals surface area (Å²) in [5, 5.41) is 4.15. The number of hydrogen-bond donors (Lipinski definition) is 1. The lowest BCUT2D eigenvalue weighted by molar-refractivity contribution is 0.726. The van der Waals surface area contributed by atoms with E-state index in [0.29, 0.717) is 0 Å². The minimum absolute atomic E-state index is 0.843. The van der Waals surface area contributed by atoms with Crippen LogP contribution in [0.25, 0.3) is 0 Å². The molecule has 1 N–H and O–H groups in total. The van der Waals surface area contributed by atoms with Crippen LogP contribution in [0.15, 0.2) is 18.2 Å². The number of nitrogens with one attached hydrogen (secondary N) is 1. The molecule has 96 valence electrons. The Labute approximate surface area is 110 Å². The van der Waals surface area contributed by atoms with Crippen LogP contribution in [0.4, 0.5) is 5.69 Å². The average Bonchev–Trinajstić information content (AvgIpc) is 2.34. The zero-order valence-corrected chi connectivity index (χ0v) is 11.8. The van der Waals surface area contributed by atoms with Crippen LogP contribution in [0.5, 0.6) is 0 Å². The van der Waals surface area contributed by atoms with Gasteiger partial charge in [0.15, 0.2) is 0 Å². The molecule has 0 aliphatic rings. The van der Waals surface area contributed by atoms with Gasteiger partial charge in [-0.2, -0.15) is 0 Å². The lowest BCUT2D eigenvalue weighted by Crippen LogP contribution is -2.23. The summed E-state index contributed by atoms with van der Waals surface area (Å²) in [6, 6.07) is 6.36. The number of rotatable bonds is 7. The molecule has 1 aromatic carbocycles. The topological polar surface area (TPSA) is 15.3 Å². The molecule has 0 saturated heterocycles. The summed E-state index contributed by atoms with van der Waals surface area (Å²) < 4.78 is 0. The first-order valence-electron chi connectivity index (χ1n) is 6.47. The molecular formula is C14H23ClN2. The van der Waals surface area contributed by atoms with Crippen molar-refractivity contribution in [2.75, 3.05) is 24.5 Å². The Hall–Kier alpha value is -0.730. The number of benzene rings is 1. The largest absolute Gasteiger partial charge is 0.372 e. The molecule has 0 unspecified atom stereocenters. The fourth-order valence-corrected chi connectivity index (χ4v) is 2.12. The van der Waals surface area contributed by atoms with Gasteiger partial charge in [0.1, 0.15) is 0 Å². The summed E-state index contributed by atoms with van der Waals surface area (Å²) in [6.07, 6.45) is 1.16. The van der Waals surface area contributed by atoms with Crippen LogP contribution in [0.1, 0.15) is 32.8 Å². The van der Waals surface area contributed by atoms with Crippen LogP contribution < -0.4 is 10.2 Å². The molecule has 3 heteroatoms. The van der Waals surface area contributed by atoms with Crippen molar-refractivity contribution in [3.63, 3.8) is 0 Å². The highest BCUT2D eigenvalue weighted by molar-refractivity contribution is 6.31. The van der Waals surface area contributed by atoms with E-state index in [-0.39, 0.29) is 0 Å². The molecule has 0 aliphatic heterocycles. The van der Waals surface area contributed by atoms with Gasteiger partial charge in [0.25, 0.3) is 0 Å². The van der Waals surface area contributed by atoms with Crippen LogP contribution in [-0.2, 0) is 6.54 Å². The van der Waals surface area contributed by atoms with Gasteiger partial charge in [-0.3, -0.25) is 0 Å². The van der Waals surface area contributed by atoms with Crippen molar-refractivity contribution in [2.45, 2.75) is 33.7 Å². The Kier molecular flexibility index (Phi) is 6.38. The molecule has 0 bridgehead atoms. The van der Waals surface area contributed by atoms with Gasteiger partial charge in [0.2, 0.25) is 0 Å². The molecule has 0 aliphatic carbocycles. The van der Waals surface area contributed by atoms with Crippen molar-refractivity contribution in [1.82, 2.24) is 5.32 Å². The van der Waals surface area contributed by atoms with Crippen LogP contribution in [0.2, 0.25) is 5.02 Å². The van der Waals surface area contributed by atoms with Gasteiger partial charge in [0, 0.05) is 30.3 Å². The molecule has 0 atom stereocenters. The van der Waals surface area contributed by atoms with E-state index < -0.39 is 0 Å². The number of hydrogen-bond acceptors (Lipinski definition) is 2. The molecule has 0 aromatic heterocycles. The average molecular weight is 255 g/mol. The first-order valence-corrected chi connectivity index (χ1v) is 6.84. The highest BCUT2D eigenvalue weighted by Gasteiger charge is 2.06. The molecule has 0 radical (unpaired) electrons. The van der Waals surface area contributed by atoms with Crippen LogP contribution >= 0.6 is 11.6 Å². The van der Waals surface area contributed by atoms with E-state index in [1.807, 2.05) is 0 Å². The van der Waals surface area contributed by atoms with Crippen LogP contribution in [0.3, 0.4) is 0 Å². The predicted octanol–water partition coefficient (Wildman–Crippen LogP) is 3.69. The Balaban J connectivity index is 2.79. The summed E-state index contributed by atoms with van der Waals surface area (Å²) in [5.41, 5.74) is 2.39. The third-order valence-corrected chi connectivity index (χ3v) is 3.19. The van der Waals surface area contributed by atoms with Gasteiger partial charge in [-0.05, 0) is 37.6 Å². The quantitative estimate of drug-likeness (QED) is 0.799. The minimum Gasteiger partial charge on any atom is -0.372 e. The van der Waals surface area contributed by atoms with Gasteiger partial charge >= 0.3 is 0 Å². The zero-order valence-electron chi connectivity index (χ0n) is 11.1.